The lowest BCUT2D eigenvalue weighted by Crippen LogP contribution is -2.56. The molecule has 0 bridgehead atoms. The molecule has 0 aliphatic rings. The summed E-state index contributed by atoms with van der Waals surface area (Å²) >= 11 is 5.41. The number of carbonyl (C=O) groups is 5. The standard InChI is InChI=1S/C16H29N5O6S2/c1-8(13(23)21-11(16(26)27)3-4-12(18)22)19-15(25)10(5-6-29-2)20-14(24)9(17)7-28/h8-11,28H,3-7,17H2,1-2H3,(H2,18,22)(H,19,25)(H,20,24)(H,21,23)(H,26,27). The summed E-state index contributed by atoms with van der Waals surface area (Å²) in [6, 6.07) is -4.20. The lowest BCUT2D eigenvalue weighted by atomic mass is 10.1. The SMILES string of the molecule is CSCCC(NC(=O)C(N)CS)C(=O)NC(C)C(=O)NC(CCC(N)=O)C(=O)O. The van der Waals surface area contributed by atoms with Gasteiger partial charge in [-0.25, -0.2) is 4.79 Å². The third-order valence-electron chi connectivity index (χ3n) is 3.82. The number of nitrogens with one attached hydrogen (secondary N) is 3. The van der Waals surface area contributed by atoms with Gasteiger partial charge in [-0.05, 0) is 31.8 Å². The summed E-state index contributed by atoms with van der Waals surface area (Å²) in [7, 11) is 0. The highest BCUT2D eigenvalue weighted by molar-refractivity contribution is 7.98. The van der Waals surface area contributed by atoms with Crippen LogP contribution in [0.1, 0.15) is 26.2 Å². The molecule has 11 nitrogen and oxygen atoms in total. The number of rotatable bonds is 14. The second kappa shape index (κ2) is 14.1. The molecular weight excluding hydrogens is 422 g/mol. The Hall–Kier alpha value is -1.99. The minimum Gasteiger partial charge on any atom is -0.480 e. The van der Waals surface area contributed by atoms with Crippen molar-refractivity contribution >= 4 is 54.0 Å². The first-order valence-electron chi connectivity index (χ1n) is 8.81. The van der Waals surface area contributed by atoms with Crippen molar-refractivity contribution < 1.29 is 29.1 Å². The summed E-state index contributed by atoms with van der Waals surface area (Å²) in [5.41, 5.74) is 10.6. The first-order valence-corrected chi connectivity index (χ1v) is 10.8. The quantitative estimate of drug-likeness (QED) is 0.145. The molecule has 0 aromatic rings. The second-order valence-electron chi connectivity index (χ2n) is 6.27. The van der Waals surface area contributed by atoms with E-state index in [0.717, 1.165) is 0 Å². The van der Waals surface area contributed by atoms with Crippen molar-refractivity contribution in [3.05, 3.63) is 0 Å². The van der Waals surface area contributed by atoms with Crippen LogP contribution >= 0.6 is 24.4 Å². The van der Waals surface area contributed by atoms with E-state index >= 15 is 0 Å². The van der Waals surface area contributed by atoms with Crippen LogP contribution in [0.3, 0.4) is 0 Å². The Bertz CT molecular complexity index is 606. The van der Waals surface area contributed by atoms with Crippen LogP contribution in [0.4, 0.5) is 0 Å². The minimum absolute atomic E-state index is 0.101. The van der Waals surface area contributed by atoms with Crippen LogP contribution in [0.5, 0.6) is 0 Å². The number of thioether (sulfide) groups is 1. The van der Waals surface area contributed by atoms with Crippen molar-refractivity contribution in [3.8, 4) is 0 Å². The summed E-state index contributed by atoms with van der Waals surface area (Å²) in [5.74, 6) is -3.26. The van der Waals surface area contributed by atoms with Crippen LogP contribution in [0.2, 0.25) is 0 Å². The zero-order valence-corrected chi connectivity index (χ0v) is 18.1. The molecule has 0 rings (SSSR count). The highest BCUT2D eigenvalue weighted by Gasteiger charge is 2.28. The molecule has 0 heterocycles. The van der Waals surface area contributed by atoms with E-state index in [2.05, 4.69) is 28.6 Å². The number of carbonyl (C=O) groups excluding carboxylic acids is 4. The van der Waals surface area contributed by atoms with Crippen LogP contribution in [0, 0.1) is 0 Å². The van der Waals surface area contributed by atoms with E-state index in [1.54, 1.807) is 0 Å². The molecule has 0 aliphatic carbocycles. The minimum atomic E-state index is -1.33. The first-order chi connectivity index (χ1) is 13.5. The molecule has 4 amide bonds. The summed E-state index contributed by atoms with van der Waals surface area (Å²) in [6.07, 6.45) is 1.75. The molecule has 4 unspecified atom stereocenters. The van der Waals surface area contributed by atoms with Gasteiger partial charge in [0.25, 0.3) is 0 Å². The van der Waals surface area contributed by atoms with Crippen LogP contribution < -0.4 is 27.4 Å². The lowest BCUT2D eigenvalue weighted by Gasteiger charge is -2.23. The number of thiol groups is 1. The third-order valence-corrected chi connectivity index (χ3v) is 4.86. The number of nitrogens with two attached hydrogens (primary N) is 2. The van der Waals surface area contributed by atoms with E-state index in [4.69, 9.17) is 16.6 Å². The van der Waals surface area contributed by atoms with Crippen molar-refractivity contribution in [2.75, 3.05) is 17.8 Å². The fourth-order valence-corrected chi connectivity index (χ4v) is 2.72. The molecule has 0 aromatic carbocycles. The number of primary amides is 1. The summed E-state index contributed by atoms with van der Waals surface area (Å²) in [5, 5.41) is 16.3. The predicted octanol–water partition coefficient (Wildman–Crippen LogP) is -2.18. The van der Waals surface area contributed by atoms with Gasteiger partial charge in [0.05, 0.1) is 6.04 Å². The number of carboxylic acid groups (broad SMARTS) is 1. The van der Waals surface area contributed by atoms with Gasteiger partial charge in [0, 0.05) is 12.2 Å². The van der Waals surface area contributed by atoms with Crippen molar-refractivity contribution in [2.45, 2.75) is 50.4 Å². The molecule has 13 heteroatoms. The van der Waals surface area contributed by atoms with E-state index in [9.17, 15) is 24.0 Å². The molecule has 0 fully saturated rings. The van der Waals surface area contributed by atoms with Gasteiger partial charge in [-0.2, -0.15) is 24.4 Å². The van der Waals surface area contributed by atoms with E-state index < -0.39 is 53.8 Å². The predicted molar refractivity (Wildman–Crippen MR) is 112 cm³/mol. The highest BCUT2D eigenvalue weighted by Crippen LogP contribution is 2.03. The molecule has 0 saturated carbocycles. The molecule has 4 atom stereocenters. The first kappa shape index (κ1) is 27.0. The van der Waals surface area contributed by atoms with Crippen LogP contribution in [0.25, 0.3) is 0 Å². The number of carboxylic acids is 1. The van der Waals surface area contributed by atoms with Crippen LogP contribution in [-0.2, 0) is 24.0 Å². The van der Waals surface area contributed by atoms with E-state index in [1.807, 2.05) is 6.26 Å². The molecule has 0 spiro atoms. The lowest BCUT2D eigenvalue weighted by molar-refractivity contribution is -0.142. The molecule has 0 saturated heterocycles. The zero-order valence-electron chi connectivity index (χ0n) is 16.3. The van der Waals surface area contributed by atoms with Crippen molar-refractivity contribution in [1.29, 1.82) is 0 Å². The monoisotopic (exact) mass is 451 g/mol. The van der Waals surface area contributed by atoms with E-state index in [1.165, 1.54) is 18.7 Å². The molecule has 29 heavy (non-hydrogen) atoms. The number of aliphatic carboxylic acids is 1. The second-order valence-corrected chi connectivity index (χ2v) is 7.62. The normalized spacial score (nSPS) is 14.8. The van der Waals surface area contributed by atoms with E-state index in [0.29, 0.717) is 12.2 Å². The highest BCUT2D eigenvalue weighted by atomic mass is 32.2. The molecular formula is C16H29N5O6S2. The largest absolute Gasteiger partial charge is 0.480 e. The van der Waals surface area contributed by atoms with E-state index in [-0.39, 0.29) is 18.6 Å². The molecule has 0 radical (unpaired) electrons. The van der Waals surface area contributed by atoms with Gasteiger partial charge in [0.15, 0.2) is 0 Å². The number of hydrogen-bond donors (Lipinski definition) is 7. The Morgan fingerprint density at radius 2 is 1.59 bits per heavy atom. The van der Waals surface area contributed by atoms with Gasteiger partial charge >= 0.3 is 5.97 Å². The molecule has 0 aromatic heterocycles. The Balaban J connectivity index is 4.95. The molecule has 0 aliphatic heterocycles. The average molecular weight is 452 g/mol. The van der Waals surface area contributed by atoms with Crippen molar-refractivity contribution in [3.63, 3.8) is 0 Å². The average Bonchev–Trinajstić information content (AvgIpc) is 2.66. The van der Waals surface area contributed by atoms with Gasteiger partial charge in [0.1, 0.15) is 18.1 Å². The Morgan fingerprint density at radius 1 is 1.00 bits per heavy atom. The summed E-state index contributed by atoms with van der Waals surface area (Å²) < 4.78 is 0. The fraction of sp³-hybridized carbons (Fsp3) is 0.688. The summed E-state index contributed by atoms with van der Waals surface area (Å²) in [6.45, 7) is 1.37. The molecule has 8 N–H and O–H groups in total. The van der Waals surface area contributed by atoms with Gasteiger partial charge in [-0.15, -0.1) is 0 Å². The number of hydrogen-bond acceptors (Lipinski definition) is 8. The van der Waals surface area contributed by atoms with Crippen LogP contribution in [0.15, 0.2) is 0 Å². The van der Waals surface area contributed by atoms with Gasteiger partial charge in [0.2, 0.25) is 23.6 Å². The maximum atomic E-state index is 12.5. The topological polar surface area (TPSA) is 194 Å². The van der Waals surface area contributed by atoms with Crippen molar-refractivity contribution in [2.24, 2.45) is 11.5 Å². The number of amides is 4. The van der Waals surface area contributed by atoms with Gasteiger partial charge < -0.3 is 32.5 Å². The Labute approximate surface area is 178 Å². The van der Waals surface area contributed by atoms with Crippen molar-refractivity contribution in [1.82, 2.24) is 16.0 Å². The van der Waals surface area contributed by atoms with Gasteiger partial charge in [-0.1, -0.05) is 0 Å². The summed E-state index contributed by atoms with van der Waals surface area (Å²) in [4.78, 5) is 58.7. The maximum Gasteiger partial charge on any atom is 0.326 e. The van der Waals surface area contributed by atoms with Gasteiger partial charge in [-0.3, -0.25) is 19.2 Å². The maximum absolute atomic E-state index is 12.5. The van der Waals surface area contributed by atoms with Crippen LogP contribution in [-0.4, -0.2) is 76.6 Å². The fourth-order valence-electron chi connectivity index (χ4n) is 2.09. The zero-order chi connectivity index (χ0) is 22.6. The molecule has 166 valence electrons. The third kappa shape index (κ3) is 10.9. The Kier molecular flexibility index (Phi) is 13.1. The Morgan fingerprint density at radius 3 is 2.07 bits per heavy atom. The smallest absolute Gasteiger partial charge is 0.326 e.